The van der Waals surface area contributed by atoms with E-state index in [4.69, 9.17) is 11.6 Å². The van der Waals surface area contributed by atoms with E-state index >= 15 is 0 Å². The summed E-state index contributed by atoms with van der Waals surface area (Å²) >= 11 is 6.18. The van der Waals surface area contributed by atoms with Gasteiger partial charge in [-0.15, -0.1) is 10.2 Å². The molecular weight excluding hydrogens is 423 g/mol. The number of nitrogens with zero attached hydrogens (tertiary/aromatic N) is 3. The molecule has 0 spiro atoms. The Bertz CT molecular complexity index is 1080. The third-order valence-electron chi connectivity index (χ3n) is 5.95. The lowest BCUT2D eigenvalue weighted by Gasteiger charge is -2.32. The van der Waals surface area contributed by atoms with Crippen LogP contribution in [0.3, 0.4) is 0 Å². The predicted octanol–water partition coefficient (Wildman–Crippen LogP) is 6.34. The summed E-state index contributed by atoms with van der Waals surface area (Å²) < 4.78 is 13.6. The molecule has 0 unspecified atom stereocenters. The Morgan fingerprint density at radius 3 is 2.69 bits per heavy atom. The molecule has 168 valence electrons. The highest BCUT2D eigenvalue weighted by atomic mass is 35.5. The monoisotopic (exact) mass is 452 g/mol. The lowest BCUT2D eigenvalue weighted by Crippen LogP contribution is -2.33. The van der Waals surface area contributed by atoms with E-state index in [1.165, 1.54) is 41.3 Å². The minimum absolute atomic E-state index is 0.348. The molecule has 1 aliphatic rings. The number of fused-ring (bicyclic) bond motifs is 1. The lowest BCUT2D eigenvalue weighted by atomic mass is 9.90. The first kappa shape index (κ1) is 22.7. The maximum absolute atomic E-state index is 13.6. The molecule has 3 aromatic rings. The highest BCUT2D eigenvalue weighted by Gasteiger charge is 2.20. The molecule has 6 heteroatoms. The van der Waals surface area contributed by atoms with Gasteiger partial charge in [0.2, 0.25) is 0 Å². The van der Waals surface area contributed by atoms with Gasteiger partial charge < -0.3 is 5.32 Å². The van der Waals surface area contributed by atoms with E-state index in [0.29, 0.717) is 34.1 Å². The summed E-state index contributed by atoms with van der Waals surface area (Å²) in [5.74, 6) is 0.334. The van der Waals surface area contributed by atoms with Crippen LogP contribution in [-0.2, 0) is 19.5 Å². The number of hydrogen-bond acceptors (Lipinski definition) is 4. The molecule has 4 rings (SSSR count). The van der Waals surface area contributed by atoms with E-state index in [9.17, 15) is 4.39 Å². The maximum atomic E-state index is 13.6. The molecule has 1 aliphatic heterocycles. The average molecular weight is 453 g/mol. The first-order valence-electron chi connectivity index (χ1n) is 11.1. The molecular formula is C26H30ClFN4. The molecule has 2 aromatic carbocycles. The number of rotatable bonds is 6. The number of aromatic nitrogens is 2. The van der Waals surface area contributed by atoms with E-state index in [0.717, 1.165) is 26.1 Å². The van der Waals surface area contributed by atoms with Crippen molar-refractivity contribution in [3.63, 3.8) is 0 Å². The Balaban J connectivity index is 1.40. The van der Waals surface area contributed by atoms with Crippen molar-refractivity contribution in [1.82, 2.24) is 15.1 Å². The van der Waals surface area contributed by atoms with Crippen LogP contribution in [0.25, 0.3) is 11.3 Å². The van der Waals surface area contributed by atoms with E-state index < -0.39 is 0 Å². The van der Waals surface area contributed by atoms with Gasteiger partial charge in [0.05, 0.1) is 10.7 Å². The number of anilines is 1. The van der Waals surface area contributed by atoms with E-state index in [1.54, 1.807) is 0 Å². The van der Waals surface area contributed by atoms with E-state index in [1.807, 2.05) is 12.1 Å². The van der Waals surface area contributed by atoms with Gasteiger partial charge in [0.15, 0.2) is 0 Å². The molecule has 0 saturated heterocycles. The molecule has 32 heavy (non-hydrogen) atoms. The van der Waals surface area contributed by atoms with Crippen molar-refractivity contribution >= 4 is 17.4 Å². The Morgan fingerprint density at radius 2 is 1.94 bits per heavy atom. The zero-order valence-corrected chi connectivity index (χ0v) is 19.7. The molecule has 1 aromatic heterocycles. The van der Waals surface area contributed by atoms with Crippen LogP contribution in [0.4, 0.5) is 10.2 Å². The van der Waals surface area contributed by atoms with Gasteiger partial charge in [-0.05, 0) is 71.8 Å². The van der Waals surface area contributed by atoms with Gasteiger partial charge in [0.1, 0.15) is 11.6 Å². The molecule has 4 nitrogen and oxygen atoms in total. The van der Waals surface area contributed by atoms with Crippen molar-refractivity contribution in [1.29, 1.82) is 0 Å². The molecule has 0 bridgehead atoms. The Hall–Kier alpha value is -2.50. The largest absolute Gasteiger partial charge is 0.364 e. The smallest absolute Gasteiger partial charge is 0.148 e. The molecule has 0 aliphatic carbocycles. The van der Waals surface area contributed by atoms with Crippen molar-refractivity contribution in [3.05, 3.63) is 76.1 Å². The summed E-state index contributed by atoms with van der Waals surface area (Å²) in [6.07, 6.45) is 2.28. The molecule has 0 radical (unpaired) electrons. The topological polar surface area (TPSA) is 41.0 Å². The fourth-order valence-corrected chi connectivity index (χ4v) is 4.26. The first-order valence-corrected chi connectivity index (χ1v) is 11.5. The number of hydrogen-bond donors (Lipinski definition) is 1. The number of nitrogens with one attached hydrogen (secondary N) is 1. The Labute approximate surface area is 194 Å². The van der Waals surface area contributed by atoms with Gasteiger partial charge in [0.25, 0.3) is 0 Å². The molecule has 0 fully saturated rings. The third-order valence-corrected chi connectivity index (χ3v) is 6.28. The zero-order chi connectivity index (χ0) is 22.7. The van der Waals surface area contributed by atoms with Crippen molar-refractivity contribution < 1.29 is 4.39 Å². The molecule has 1 N–H and O–H groups in total. The standard InChI is InChI=1S/C26H30ClFN4/c1-26(2,3)12-14-32-13-11-21-18(5-4-6-19(21)17-32)16-29-25-10-9-24(30-31-25)22-15-20(28)7-8-23(22)27/h4-10,15H,11-14,16-17H2,1-3H3,(H,29,31). The molecule has 2 heterocycles. The van der Waals surface area contributed by atoms with Gasteiger partial charge >= 0.3 is 0 Å². The number of halogens is 2. The summed E-state index contributed by atoms with van der Waals surface area (Å²) in [5, 5.41) is 12.3. The second kappa shape index (κ2) is 9.55. The second-order valence-electron chi connectivity index (χ2n) is 9.67. The fraction of sp³-hybridized carbons (Fsp3) is 0.385. The van der Waals surface area contributed by atoms with Crippen molar-refractivity contribution in [2.24, 2.45) is 5.41 Å². The van der Waals surface area contributed by atoms with Crippen LogP contribution in [-0.4, -0.2) is 28.2 Å². The SMILES string of the molecule is CC(C)(C)CCN1CCc2c(CNc3ccc(-c4cc(F)ccc4Cl)nn3)cccc2C1. The minimum atomic E-state index is -0.348. The quantitative estimate of drug-likeness (QED) is 0.473. The van der Waals surface area contributed by atoms with E-state index in [2.05, 4.69) is 59.4 Å². The van der Waals surface area contributed by atoms with Crippen LogP contribution in [0.5, 0.6) is 0 Å². The third kappa shape index (κ3) is 5.64. The van der Waals surface area contributed by atoms with Gasteiger partial charge in [0, 0.05) is 25.2 Å². The van der Waals surface area contributed by atoms with Crippen LogP contribution < -0.4 is 5.32 Å². The predicted molar refractivity (Wildman–Crippen MR) is 129 cm³/mol. The Kier molecular flexibility index (Phi) is 6.77. The lowest BCUT2D eigenvalue weighted by molar-refractivity contribution is 0.212. The van der Waals surface area contributed by atoms with Crippen LogP contribution in [0, 0.1) is 11.2 Å². The minimum Gasteiger partial charge on any atom is -0.364 e. The molecule has 0 atom stereocenters. The summed E-state index contributed by atoms with van der Waals surface area (Å²) in [4.78, 5) is 2.56. The highest BCUT2D eigenvalue weighted by molar-refractivity contribution is 6.33. The van der Waals surface area contributed by atoms with E-state index in [-0.39, 0.29) is 5.82 Å². The summed E-state index contributed by atoms with van der Waals surface area (Å²) in [7, 11) is 0. The summed E-state index contributed by atoms with van der Waals surface area (Å²) in [5.41, 5.74) is 5.63. The summed E-state index contributed by atoms with van der Waals surface area (Å²) in [6, 6.07) is 14.5. The zero-order valence-electron chi connectivity index (χ0n) is 19.0. The average Bonchev–Trinajstić information content (AvgIpc) is 2.77. The Morgan fingerprint density at radius 1 is 1.09 bits per heavy atom. The van der Waals surface area contributed by atoms with Crippen molar-refractivity contribution in [3.8, 4) is 11.3 Å². The van der Waals surface area contributed by atoms with Crippen LogP contribution >= 0.6 is 11.6 Å². The first-order chi connectivity index (χ1) is 15.3. The van der Waals surface area contributed by atoms with Gasteiger partial charge in [-0.3, -0.25) is 4.90 Å². The number of benzene rings is 2. The van der Waals surface area contributed by atoms with Crippen LogP contribution in [0.2, 0.25) is 5.02 Å². The van der Waals surface area contributed by atoms with Crippen LogP contribution in [0.15, 0.2) is 48.5 Å². The second-order valence-corrected chi connectivity index (χ2v) is 10.1. The van der Waals surface area contributed by atoms with Gasteiger partial charge in [-0.25, -0.2) is 4.39 Å². The summed E-state index contributed by atoms with van der Waals surface area (Å²) in [6.45, 7) is 10.9. The van der Waals surface area contributed by atoms with Crippen LogP contribution in [0.1, 0.15) is 43.9 Å². The normalized spacial score (nSPS) is 14.3. The highest BCUT2D eigenvalue weighted by Crippen LogP contribution is 2.28. The maximum Gasteiger partial charge on any atom is 0.148 e. The molecule has 0 saturated carbocycles. The van der Waals surface area contributed by atoms with Gasteiger partial charge in [-0.2, -0.15) is 0 Å². The van der Waals surface area contributed by atoms with Crippen molar-refractivity contribution in [2.75, 3.05) is 18.4 Å². The fourth-order valence-electron chi connectivity index (χ4n) is 4.05. The molecule has 0 amide bonds. The van der Waals surface area contributed by atoms with Gasteiger partial charge in [-0.1, -0.05) is 50.6 Å². The van der Waals surface area contributed by atoms with Crippen molar-refractivity contribution in [2.45, 2.75) is 46.7 Å².